The third-order valence-corrected chi connectivity index (χ3v) is 7.37. The van der Waals surface area contributed by atoms with Gasteiger partial charge in [-0.3, -0.25) is 8.98 Å². The molecular formula is C34H43Cl2N3O6S2. The maximum absolute atomic E-state index is 12.7. The SMILES string of the molecule is CC(C)(C)COS(C)(=O)=O.CCOCC(C)(C)C.O=C(c1ccc(Oc2ccc(Sn3ccnn3)cc2)cc1)c1cc(Cl)ccc1Cl. The molecule has 256 valence electrons. The van der Waals surface area contributed by atoms with E-state index in [2.05, 4.69) is 35.3 Å². The second kappa shape index (κ2) is 18.6. The fourth-order valence-electron chi connectivity index (χ4n) is 3.25. The maximum Gasteiger partial charge on any atom is 0.264 e. The van der Waals surface area contributed by atoms with E-state index in [0.717, 1.165) is 24.4 Å². The van der Waals surface area contributed by atoms with Crippen LogP contribution in [0.5, 0.6) is 11.5 Å². The number of nitrogens with zero attached hydrogens (tertiary/aromatic N) is 3. The van der Waals surface area contributed by atoms with E-state index in [1.165, 1.54) is 11.9 Å². The van der Waals surface area contributed by atoms with Crippen molar-refractivity contribution in [3.05, 3.63) is 100 Å². The van der Waals surface area contributed by atoms with E-state index in [-0.39, 0.29) is 17.8 Å². The van der Waals surface area contributed by atoms with Gasteiger partial charge in [0.15, 0.2) is 5.78 Å². The summed E-state index contributed by atoms with van der Waals surface area (Å²) >= 11 is 13.5. The molecule has 0 bridgehead atoms. The Balaban J connectivity index is 0.000000352. The van der Waals surface area contributed by atoms with E-state index < -0.39 is 10.1 Å². The molecule has 0 aliphatic rings. The predicted octanol–water partition coefficient (Wildman–Crippen LogP) is 9.24. The van der Waals surface area contributed by atoms with Crippen LogP contribution in [0, 0.1) is 10.8 Å². The van der Waals surface area contributed by atoms with Crippen LogP contribution in [0.1, 0.15) is 64.4 Å². The number of halogens is 2. The lowest BCUT2D eigenvalue weighted by atomic mass is 9.99. The normalized spacial score (nSPS) is 11.5. The summed E-state index contributed by atoms with van der Waals surface area (Å²) in [5, 5.41) is 8.51. The van der Waals surface area contributed by atoms with Crippen molar-refractivity contribution in [1.29, 1.82) is 0 Å². The number of rotatable bonds is 10. The van der Waals surface area contributed by atoms with E-state index >= 15 is 0 Å². The third kappa shape index (κ3) is 17.2. The van der Waals surface area contributed by atoms with Crippen LogP contribution in [0.2, 0.25) is 10.0 Å². The minimum absolute atomic E-state index is 0.0942. The fourth-order valence-corrected chi connectivity index (χ4v) is 4.86. The van der Waals surface area contributed by atoms with Crippen molar-refractivity contribution in [2.75, 3.05) is 26.1 Å². The Labute approximate surface area is 293 Å². The van der Waals surface area contributed by atoms with Gasteiger partial charge in [-0.2, -0.15) is 12.5 Å². The summed E-state index contributed by atoms with van der Waals surface area (Å²) in [6.45, 7) is 16.2. The van der Waals surface area contributed by atoms with Crippen LogP contribution >= 0.6 is 35.1 Å². The van der Waals surface area contributed by atoms with Crippen LogP contribution in [0.3, 0.4) is 0 Å². The molecule has 0 aliphatic heterocycles. The van der Waals surface area contributed by atoms with Crippen molar-refractivity contribution >= 4 is 51.1 Å². The largest absolute Gasteiger partial charge is 0.457 e. The molecule has 1 aromatic heterocycles. The van der Waals surface area contributed by atoms with Crippen molar-refractivity contribution in [3.63, 3.8) is 0 Å². The molecule has 0 saturated carbocycles. The van der Waals surface area contributed by atoms with Crippen molar-refractivity contribution in [3.8, 4) is 11.5 Å². The number of ketones is 1. The topological polar surface area (TPSA) is 110 Å². The molecule has 13 heteroatoms. The van der Waals surface area contributed by atoms with Crippen molar-refractivity contribution < 1.29 is 26.9 Å². The monoisotopic (exact) mass is 723 g/mol. The molecule has 4 rings (SSSR count). The van der Waals surface area contributed by atoms with Crippen LogP contribution in [0.25, 0.3) is 0 Å². The molecule has 1 heterocycles. The molecule has 0 fully saturated rings. The molecule has 0 amide bonds. The Morgan fingerprint density at radius 2 is 1.45 bits per heavy atom. The van der Waals surface area contributed by atoms with E-state index in [1.807, 2.05) is 52.0 Å². The van der Waals surface area contributed by atoms with E-state index in [9.17, 15) is 13.2 Å². The van der Waals surface area contributed by atoms with Crippen molar-refractivity contribution in [2.24, 2.45) is 10.8 Å². The van der Waals surface area contributed by atoms with E-state index in [1.54, 1.807) is 58.9 Å². The first-order chi connectivity index (χ1) is 21.8. The number of carbonyl (C=O) groups excluding carboxylic acids is 1. The first kappa shape index (κ1) is 40.2. The molecule has 9 nitrogen and oxygen atoms in total. The minimum Gasteiger partial charge on any atom is -0.457 e. The minimum atomic E-state index is -3.26. The average molecular weight is 725 g/mol. The molecule has 0 unspecified atom stereocenters. The average Bonchev–Trinajstić information content (AvgIpc) is 3.50. The van der Waals surface area contributed by atoms with Gasteiger partial charge >= 0.3 is 0 Å². The number of carbonyl (C=O) groups is 1. The molecule has 3 aromatic carbocycles. The smallest absolute Gasteiger partial charge is 0.264 e. The molecule has 0 saturated heterocycles. The van der Waals surface area contributed by atoms with E-state index in [0.29, 0.717) is 38.1 Å². The van der Waals surface area contributed by atoms with Crippen molar-refractivity contribution in [2.45, 2.75) is 53.4 Å². The first-order valence-corrected chi connectivity index (χ1v) is 18.0. The standard InChI is InChI=1S/C21H13Cl2N3O2S.C7H16O.C6H14O3S/c22-15-3-10-20(23)19(13-15)21(27)14-1-4-16(5-2-14)28-17-6-8-18(9-7-17)29-26-12-11-24-25-26;1-5-8-6-7(2,3)4;1-6(2,3)5-9-10(4,7)8/h1-13H;5-6H2,1-4H3;5H2,1-4H3. The lowest BCUT2D eigenvalue weighted by Gasteiger charge is -2.16. The lowest BCUT2D eigenvalue weighted by molar-refractivity contribution is 0.0805. The zero-order valence-electron chi connectivity index (χ0n) is 28.0. The molecular weight excluding hydrogens is 681 g/mol. The number of aromatic nitrogens is 3. The Morgan fingerprint density at radius 1 is 0.872 bits per heavy atom. The number of benzene rings is 3. The van der Waals surface area contributed by atoms with Gasteiger partial charge in [-0.15, -0.1) is 5.10 Å². The van der Waals surface area contributed by atoms with Gasteiger partial charge in [0, 0.05) is 39.6 Å². The number of hydrogen-bond acceptors (Lipinski definition) is 9. The van der Waals surface area contributed by atoms with E-state index in [4.69, 9.17) is 32.7 Å². The Hall–Kier alpha value is -2.93. The van der Waals surface area contributed by atoms with Gasteiger partial charge in [-0.05, 0) is 84.5 Å². The zero-order chi connectivity index (χ0) is 35.3. The molecule has 0 spiro atoms. The summed E-state index contributed by atoms with van der Waals surface area (Å²) in [5.41, 5.74) is 1.11. The number of ether oxygens (including phenoxy) is 2. The fraction of sp³-hybridized carbons (Fsp3) is 0.382. The van der Waals surface area contributed by atoms with Gasteiger partial charge in [-0.25, -0.2) is 0 Å². The summed E-state index contributed by atoms with van der Waals surface area (Å²) < 4.78 is 38.2. The zero-order valence-corrected chi connectivity index (χ0v) is 31.1. The summed E-state index contributed by atoms with van der Waals surface area (Å²) in [6.07, 6.45) is 4.45. The molecule has 4 aromatic rings. The highest BCUT2D eigenvalue weighted by Crippen LogP contribution is 2.28. The second-order valence-electron chi connectivity index (χ2n) is 12.7. The van der Waals surface area contributed by atoms with Crippen LogP contribution < -0.4 is 4.74 Å². The second-order valence-corrected chi connectivity index (χ2v) is 16.2. The highest BCUT2D eigenvalue weighted by atomic mass is 35.5. The van der Waals surface area contributed by atoms with Gasteiger partial charge < -0.3 is 9.47 Å². The molecule has 47 heavy (non-hydrogen) atoms. The maximum atomic E-state index is 12.7. The van der Waals surface area contributed by atoms with Crippen LogP contribution in [0.15, 0.2) is 84.0 Å². The number of hydrogen-bond donors (Lipinski definition) is 0. The lowest BCUT2D eigenvalue weighted by Crippen LogP contribution is -2.17. The van der Waals surface area contributed by atoms with Gasteiger partial charge in [0.05, 0.1) is 36.9 Å². The molecule has 0 atom stereocenters. The summed E-state index contributed by atoms with van der Waals surface area (Å²) in [5.74, 6) is 1.11. The van der Waals surface area contributed by atoms with Crippen LogP contribution in [-0.2, 0) is 19.0 Å². The third-order valence-electron chi connectivity index (χ3n) is 5.39. The van der Waals surface area contributed by atoms with Gasteiger partial charge in [0.2, 0.25) is 0 Å². The Bertz CT molecular complexity index is 1640. The molecule has 0 radical (unpaired) electrons. The molecule has 0 N–H and O–H groups in total. The van der Waals surface area contributed by atoms with Gasteiger partial charge in [0.1, 0.15) is 11.5 Å². The highest BCUT2D eigenvalue weighted by molar-refractivity contribution is 7.97. The van der Waals surface area contributed by atoms with Crippen LogP contribution in [-0.4, -0.2) is 54.7 Å². The van der Waals surface area contributed by atoms with Gasteiger partial charge in [0.25, 0.3) is 10.1 Å². The Kier molecular flexibility index (Phi) is 15.9. The Morgan fingerprint density at radius 3 is 1.89 bits per heavy atom. The molecule has 0 aliphatic carbocycles. The van der Waals surface area contributed by atoms with Crippen molar-refractivity contribution in [1.82, 2.24) is 14.4 Å². The predicted molar refractivity (Wildman–Crippen MR) is 190 cm³/mol. The van der Waals surface area contributed by atoms with Gasteiger partial charge in [-0.1, -0.05) is 70.0 Å². The summed E-state index contributed by atoms with van der Waals surface area (Å²) in [6, 6.07) is 19.3. The highest BCUT2D eigenvalue weighted by Gasteiger charge is 2.15. The quantitative estimate of drug-likeness (QED) is 0.117. The van der Waals surface area contributed by atoms with Crippen LogP contribution in [0.4, 0.5) is 0 Å². The first-order valence-electron chi connectivity index (χ1n) is 14.7. The summed E-state index contributed by atoms with van der Waals surface area (Å²) in [4.78, 5) is 13.7. The summed E-state index contributed by atoms with van der Waals surface area (Å²) in [7, 11) is -3.26.